The van der Waals surface area contributed by atoms with Crippen molar-refractivity contribution in [2.45, 2.75) is 20.5 Å². The smallest absolute Gasteiger partial charge is 0.294 e. The van der Waals surface area contributed by atoms with Gasteiger partial charge in [-0.1, -0.05) is 35.9 Å². The monoisotopic (exact) mass is 351 g/mol. The zero-order valence-electron chi connectivity index (χ0n) is 14.8. The molecule has 0 atom stereocenters. The zero-order valence-corrected chi connectivity index (χ0v) is 14.8. The first-order chi connectivity index (χ1) is 12.5. The SMILES string of the molecule is CC(C)=CCOc1c(O)c(=O)[nH]c2cc(OCc3ccccc3)ccc12. The summed E-state index contributed by atoms with van der Waals surface area (Å²) in [6.07, 6.45) is 1.88. The van der Waals surface area contributed by atoms with Crippen LogP contribution in [-0.4, -0.2) is 16.7 Å². The Morgan fingerprint density at radius 1 is 1.12 bits per heavy atom. The van der Waals surface area contributed by atoms with E-state index in [1.54, 1.807) is 18.2 Å². The van der Waals surface area contributed by atoms with Crippen LogP contribution in [0.2, 0.25) is 0 Å². The topological polar surface area (TPSA) is 71.5 Å². The fourth-order valence-electron chi connectivity index (χ4n) is 2.51. The molecule has 5 heteroatoms. The molecule has 3 rings (SSSR count). The highest BCUT2D eigenvalue weighted by Crippen LogP contribution is 2.32. The molecular weight excluding hydrogens is 330 g/mol. The predicted molar refractivity (Wildman–Crippen MR) is 102 cm³/mol. The number of nitrogens with one attached hydrogen (secondary N) is 1. The van der Waals surface area contributed by atoms with E-state index in [-0.39, 0.29) is 12.4 Å². The van der Waals surface area contributed by atoms with Crippen molar-refractivity contribution in [1.29, 1.82) is 0 Å². The van der Waals surface area contributed by atoms with Gasteiger partial charge >= 0.3 is 0 Å². The van der Waals surface area contributed by atoms with Crippen LogP contribution in [0, 0.1) is 0 Å². The Balaban J connectivity index is 1.88. The fourth-order valence-corrected chi connectivity index (χ4v) is 2.51. The number of rotatable bonds is 6. The van der Waals surface area contributed by atoms with Gasteiger partial charge in [-0.2, -0.15) is 0 Å². The Morgan fingerprint density at radius 2 is 1.88 bits per heavy atom. The maximum atomic E-state index is 12.0. The summed E-state index contributed by atoms with van der Waals surface area (Å²) in [5.41, 5.74) is 2.10. The first kappa shape index (κ1) is 17.6. The molecule has 0 aliphatic heterocycles. The van der Waals surface area contributed by atoms with Crippen LogP contribution in [0.15, 0.2) is 65.0 Å². The Labute approximate surface area is 151 Å². The highest BCUT2D eigenvalue weighted by Gasteiger charge is 2.13. The lowest BCUT2D eigenvalue weighted by Crippen LogP contribution is -2.08. The van der Waals surface area contributed by atoms with E-state index < -0.39 is 11.3 Å². The van der Waals surface area contributed by atoms with E-state index in [1.165, 1.54) is 0 Å². The van der Waals surface area contributed by atoms with Crippen molar-refractivity contribution in [3.63, 3.8) is 0 Å². The van der Waals surface area contributed by atoms with Gasteiger partial charge in [-0.15, -0.1) is 0 Å². The minimum absolute atomic E-state index is 0.177. The number of ether oxygens (including phenoxy) is 2. The molecule has 26 heavy (non-hydrogen) atoms. The van der Waals surface area contributed by atoms with E-state index in [4.69, 9.17) is 9.47 Å². The number of hydrogen-bond acceptors (Lipinski definition) is 4. The minimum atomic E-state index is -0.593. The normalized spacial score (nSPS) is 10.5. The summed E-state index contributed by atoms with van der Waals surface area (Å²) in [4.78, 5) is 14.7. The Hall–Kier alpha value is -3.21. The largest absolute Gasteiger partial charge is 0.500 e. The van der Waals surface area contributed by atoms with E-state index in [0.29, 0.717) is 23.3 Å². The third kappa shape index (κ3) is 4.06. The van der Waals surface area contributed by atoms with Gasteiger partial charge in [0.15, 0.2) is 5.75 Å². The molecule has 0 radical (unpaired) electrons. The molecule has 1 aromatic heterocycles. The van der Waals surface area contributed by atoms with Crippen molar-refractivity contribution < 1.29 is 14.6 Å². The van der Waals surface area contributed by atoms with E-state index in [1.807, 2.05) is 50.3 Å². The number of allylic oxidation sites excluding steroid dienone is 1. The molecule has 0 bridgehead atoms. The average Bonchev–Trinajstić information content (AvgIpc) is 2.63. The molecule has 0 unspecified atom stereocenters. The molecule has 3 aromatic rings. The Kier molecular flexibility index (Phi) is 5.27. The van der Waals surface area contributed by atoms with Crippen LogP contribution in [0.5, 0.6) is 17.2 Å². The summed E-state index contributed by atoms with van der Waals surface area (Å²) < 4.78 is 11.4. The second-order valence-electron chi connectivity index (χ2n) is 6.21. The van der Waals surface area contributed by atoms with Crippen molar-refractivity contribution >= 4 is 10.9 Å². The maximum Gasteiger partial charge on any atom is 0.294 e. The van der Waals surface area contributed by atoms with E-state index in [0.717, 1.165) is 11.1 Å². The third-order valence-corrected chi connectivity index (χ3v) is 3.88. The summed E-state index contributed by atoms with van der Waals surface area (Å²) >= 11 is 0. The van der Waals surface area contributed by atoms with Gasteiger partial charge in [0.1, 0.15) is 19.0 Å². The van der Waals surface area contributed by atoms with Gasteiger partial charge in [0.25, 0.3) is 5.56 Å². The molecule has 2 aromatic carbocycles. The molecule has 1 heterocycles. The molecule has 5 nitrogen and oxygen atoms in total. The van der Waals surface area contributed by atoms with E-state index in [2.05, 4.69) is 4.98 Å². The quantitative estimate of drug-likeness (QED) is 0.654. The fraction of sp³-hybridized carbons (Fsp3) is 0.190. The second-order valence-corrected chi connectivity index (χ2v) is 6.21. The Morgan fingerprint density at radius 3 is 2.62 bits per heavy atom. The van der Waals surface area contributed by atoms with Crippen molar-refractivity contribution in [3.05, 3.63) is 76.1 Å². The Bertz CT molecular complexity index is 986. The first-order valence-corrected chi connectivity index (χ1v) is 8.36. The van der Waals surface area contributed by atoms with Gasteiger partial charge in [-0.3, -0.25) is 4.79 Å². The molecular formula is C21H21NO4. The second kappa shape index (κ2) is 7.78. The number of fused-ring (bicyclic) bond motifs is 1. The molecule has 0 saturated carbocycles. The van der Waals surface area contributed by atoms with Crippen LogP contribution in [-0.2, 0) is 6.61 Å². The summed E-state index contributed by atoms with van der Waals surface area (Å²) in [6.45, 7) is 4.62. The number of H-pyrrole nitrogens is 1. The molecule has 0 aliphatic rings. The number of pyridine rings is 1. The summed E-state index contributed by atoms with van der Waals surface area (Å²) in [7, 11) is 0. The average molecular weight is 351 g/mol. The highest BCUT2D eigenvalue weighted by molar-refractivity contribution is 5.88. The number of benzene rings is 2. The standard InChI is InChI=1S/C21H21NO4/c1-14(2)10-11-25-20-17-9-8-16(12-18(17)22-21(24)19(20)23)26-13-15-6-4-3-5-7-15/h3-10,12,23H,11,13H2,1-2H3,(H,22,24). The van der Waals surface area contributed by atoms with Crippen LogP contribution < -0.4 is 15.0 Å². The molecule has 2 N–H and O–H groups in total. The van der Waals surface area contributed by atoms with Crippen LogP contribution in [0.1, 0.15) is 19.4 Å². The summed E-state index contributed by atoms with van der Waals surface area (Å²) in [5.74, 6) is 0.381. The van der Waals surface area contributed by atoms with Crippen LogP contribution >= 0.6 is 0 Å². The lowest BCUT2D eigenvalue weighted by atomic mass is 10.2. The van der Waals surface area contributed by atoms with Gasteiger partial charge in [-0.05, 0) is 37.6 Å². The zero-order chi connectivity index (χ0) is 18.5. The summed E-state index contributed by atoms with van der Waals surface area (Å²) in [5, 5.41) is 10.7. The highest BCUT2D eigenvalue weighted by atomic mass is 16.5. The van der Waals surface area contributed by atoms with Crippen molar-refractivity contribution in [3.8, 4) is 17.2 Å². The third-order valence-electron chi connectivity index (χ3n) is 3.88. The summed E-state index contributed by atoms with van der Waals surface area (Å²) in [6, 6.07) is 15.1. The first-order valence-electron chi connectivity index (χ1n) is 8.36. The predicted octanol–water partition coefficient (Wildman–Crippen LogP) is 4.16. The van der Waals surface area contributed by atoms with Crippen molar-refractivity contribution in [1.82, 2.24) is 4.98 Å². The van der Waals surface area contributed by atoms with Crippen LogP contribution in [0.25, 0.3) is 10.9 Å². The van der Waals surface area contributed by atoms with Gasteiger partial charge < -0.3 is 19.6 Å². The molecule has 0 saturated heterocycles. The molecule has 0 amide bonds. The number of aromatic nitrogens is 1. The van der Waals surface area contributed by atoms with Gasteiger partial charge in [-0.25, -0.2) is 0 Å². The van der Waals surface area contributed by atoms with E-state index >= 15 is 0 Å². The van der Waals surface area contributed by atoms with Gasteiger partial charge in [0.2, 0.25) is 5.75 Å². The van der Waals surface area contributed by atoms with Gasteiger partial charge in [0, 0.05) is 11.5 Å². The lowest BCUT2D eigenvalue weighted by Gasteiger charge is -2.11. The molecule has 0 spiro atoms. The maximum absolute atomic E-state index is 12.0. The molecule has 0 aliphatic carbocycles. The number of aromatic hydroxyl groups is 1. The van der Waals surface area contributed by atoms with Crippen LogP contribution in [0.3, 0.4) is 0 Å². The van der Waals surface area contributed by atoms with Crippen molar-refractivity contribution in [2.24, 2.45) is 0 Å². The molecule has 0 fully saturated rings. The van der Waals surface area contributed by atoms with Crippen molar-refractivity contribution in [2.75, 3.05) is 6.61 Å². The number of aromatic amines is 1. The van der Waals surface area contributed by atoms with Crippen LogP contribution in [0.4, 0.5) is 0 Å². The number of hydrogen-bond donors (Lipinski definition) is 2. The molecule has 134 valence electrons. The minimum Gasteiger partial charge on any atom is -0.500 e. The van der Waals surface area contributed by atoms with E-state index in [9.17, 15) is 9.90 Å². The van der Waals surface area contributed by atoms with Gasteiger partial charge in [0.05, 0.1) is 5.52 Å². The lowest BCUT2D eigenvalue weighted by molar-refractivity contribution is 0.306.